The van der Waals surface area contributed by atoms with Gasteiger partial charge in [0.25, 0.3) is 0 Å². The van der Waals surface area contributed by atoms with Crippen molar-refractivity contribution < 1.29 is 28.4 Å². The lowest BCUT2D eigenvalue weighted by Crippen LogP contribution is -2.46. The van der Waals surface area contributed by atoms with Gasteiger partial charge in [0.2, 0.25) is 0 Å². The molecule has 8 heteroatoms. The smallest absolute Gasteiger partial charge is 0.243 e. The molecule has 0 N–H and O–H groups in total. The van der Waals surface area contributed by atoms with Crippen molar-refractivity contribution in [3.63, 3.8) is 0 Å². The molecule has 0 aromatic carbocycles. The molecule has 0 aliphatic rings. The molecule has 128 valence electrons. The summed E-state index contributed by atoms with van der Waals surface area (Å²) in [6.07, 6.45) is 0.935. The Morgan fingerprint density at radius 3 is 1.48 bits per heavy atom. The Morgan fingerprint density at radius 2 is 1.14 bits per heavy atom. The molecular weight excluding hydrogens is 312 g/mol. The van der Waals surface area contributed by atoms with E-state index in [4.69, 9.17) is 28.4 Å². The Labute approximate surface area is 132 Å². The summed E-state index contributed by atoms with van der Waals surface area (Å²) in [7, 11) is -2.67. The van der Waals surface area contributed by atoms with E-state index in [-0.39, 0.29) is 0 Å². The first-order valence-electron chi connectivity index (χ1n) is 7.73. The first-order chi connectivity index (χ1) is 10.2. The van der Waals surface area contributed by atoms with Gasteiger partial charge < -0.3 is 0 Å². The summed E-state index contributed by atoms with van der Waals surface area (Å²) < 4.78 is 16.1. The largest absolute Gasteiger partial charge is 0.584 e. The molecule has 0 saturated carbocycles. The van der Waals surface area contributed by atoms with E-state index in [2.05, 4.69) is 13.8 Å². The maximum atomic E-state index is 5.38. The zero-order valence-electron chi connectivity index (χ0n) is 14.0. The third-order valence-corrected chi connectivity index (χ3v) is 7.22. The maximum absolute atomic E-state index is 5.38. The van der Waals surface area contributed by atoms with Gasteiger partial charge in [0.1, 0.15) is 17.3 Å². The van der Waals surface area contributed by atoms with Crippen LogP contribution in [-0.2, 0) is 39.3 Å². The monoisotopic (exact) mass is 343 g/mol. The maximum Gasteiger partial charge on any atom is 0.584 e. The minimum atomic E-state index is -3.11. The Bertz CT molecular complexity index is 209. The molecule has 0 aromatic heterocycles. The van der Waals surface area contributed by atoms with Gasteiger partial charge in [0.05, 0.1) is 19.8 Å². The van der Waals surface area contributed by atoms with Crippen molar-refractivity contribution in [2.24, 2.45) is 0 Å². The van der Waals surface area contributed by atoms with E-state index in [1.165, 1.54) is 11.5 Å². The van der Waals surface area contributed by atoms with Crippen LogP contribution in [-0.4, -0.2) is 45.9 Å². The van der Waals surface area contributed by atoms with Crippen LogP contribution in [0.1, 0.15) is 41.0 Å². The number of hydrogen-bond donors (Lipinski definition) is 0. The fraction of sp³-hybridized carbons (Fsp3) is 1.00. The second kappa shape index (κ2) is 14.0. The summed E-state index contributed by atoms with van der Waals surface area (Å²) in [6, 6.07) is 0.608. The third-order valence-electron chi connectivity index (χ3n) is 2.64. The molecule has 0 unspecified atom stereocenters. The average Bonchev–Trinajstić information content (AvgIpc) is 2.52. The Kier molecular flexibility index (Phi) is 14.2. The van der Waals surface area contributed by atoms with Crippen molar-refractivity contribution in [2.75, 3.05) is 37.1 Å². The van der Waals surface area contributed by atoms with Gasteiger partial charge in [-0.3, -0.25) is 0 Å². The van der Waals surface area contributed by atoms with E-state index in [0.29, 0.717) is 36.8 Å². The predicted octanol–water partition coefficient (Wildman–Crippen LogP) is 2.88. The summed E-state index contributed by atoms with van der Waals surface area (Å²) in [5, 5.41) is 0. The molecule has 21 heavy (non-hydrogen) atoms. The van der Waals surface area contributed by atoms with Crippen molar-refractivity contribution in [2.45, 2.75) is 47.1 Å². The van der Waals surface area contributed by atoms with Gasteiger partial charge in [-0.25, -0.2) is 28.4 Å². The summed E-state index contributed by atoms with van der Waals surface area (Å²) in [5.41, 5.74) is 0. The molecule has 0 spiro atoms. The molecule has 6 nitrogen and oxygen atoms in total. The van der Waals surface area contributed by atoms with Crippen molar-refractivity contribution >= 4 is 19.7 Å². The van der Waals surface area contributed by atoms with Crippen molar-refractivity contribution in [1.82, 2.24) is 0 Å². The molecule has 0 aliphatic carbocycles. The molecule has 0 heterocycles. The van der Waals surface area contributed by atoms with E-state index >= 15 is 0 Å². The van der Waals surface area contributed by atoms with Crippen LogP contribution in [0.3, 0.4) is 0 Å². The quantitative estimate of drug-likeness (QED) is 0.197. The third kappa shape index (κ3) is 9.85. The van der Waals surface area contributed by atoms with Crippen LogP contribution >= 0.6 is 0 Å². The molecule has 0 fully saturated rings. The second-order valence-corrected chi connectivity index (χ2v) is 9.30. The molecule has 0 aromatic rings. The zero-order valence-corrected chi connectivity index (χ0v) is 15.8. The van der Waals surface area contributed by atoms with Crippen LogP contribution < -0.4 is 0 Å². The van der Waals surface area contributed by atoms with E-state index in [0.717, 1.165) is 12.2 Å². The predicted molar refractivity (Wildman–Crippen MR) is 86.6 cm³/mol. The highest BCUT2D eigenvalue weighted by Crippen LogP contribution is 2.20. The van der Waals surface area contributed by atoms with E-state index in [1.54, 1.807) is 0 Å². The summed E-state index contributed by atoms with van der Waals surface area (Å²) in [4.78, 5) is 15.2. The molecule has 0 aliphatic heterocycles. The van der Waals surface area contributed by atoms with Crippen LogP contribution in [0.2, 0.25) is 6.04 Å². The van der Waals surface area contributed by atoms with Gasteiger partial charge in [-0.05, 0) is 51.9 Å². The molecule has 0 bridgehead atoms. The van der Waals surface area contributed by atoms with Crippen molar-refractivity contribution in [1.29, 1.82) is 0 Å². The van der Waals surface area contributed by atoms with E-state index in [1.807, 2.05) is 20.8 Å². The number of hydrogen-bond acceptors (Lipinski definition) is 6. The van der Waals surface area contributed by atoms with Crippen LogP contribution in [0.5, 0.6) is 0 Å². The van der Waals surface area contributed by atoms with E-state index < -0.39 is 8.80 Å². The van der Waals surface area contributed by atoms with Gasteiger partial charge in [0.15, 0.2) is 0 Å². The Morgan fingerprint density at radius 1 is 0.714 bits per heavy atom. The lowest BCUT2D eigenvalue weighted by Gasteiger charge is -2.25. The second-order valence-electron chi connectivity index (χ2n) is 4.15. The van der Waals surface area contributed by atoms with E-state index in [9.17, 15) is 0 Å². The van der Waals surface area contributed by atoms with Crippen LogP contribution in [0.15, 0.2) is 0 Å². The Hall–Kier alpha value is 0.327. The first-order valence-corrected chi connectivity index (χ1v) is 11.4. The highest BCUT2D eigenvalue weighted by Gasteiger charge is 2.47. The molecule has 0 saturated heterocycles. The van der Waals surface area contributed by atoms with Gasteiger partial charge in [-0.15, -0.1) is 0 Å². The standard InChI is InChI=1S/C13H31O6SSi/c1-6-14-17-21(18-15-7-2,19-16-8-3)13-11-12-20(9-4)10-5/h6-13H2,1-5H3/q+1. The lowest BCUT2D eigenvalue weighted by atomic mass is 10.6. The molecular formula is C13H31O6SSi+. The fourth-order valence-corrected chi connectivity index (χ4v) is 5.23. The zero-order chi connectivity index (χ0) is 16.0. The first kappa shape index (κ1) is 21.3. The average molecular weight is 344 g/mol. The minimum Gasteiger partial charge on any atom is -0.243 e. The Balaban J connectivity index is 4.54. The topological polar surface area (TPSA) is 55.4 Å². The van der Waals surface area contributed by atoms with Gasteiger partial charge in [0, 0.05) is 6.04 Å². The van der Waals surface area contributed by atoms with Crippen LogP contribution in [0, 0.1) is 0 Å². The van der Waals surface area contributed by atoms with Crippen LogP contribution in [0.25, 0.3) is 0 Å². The molecule has 0 atom stereocenters. The van der Waals surface area contributed by atoms with Gasteiger partial charge >= 0.3 is 8.80 Å². The molecule has 0 rings (SSSR count). The summed E-state index contributed by atoms with van der Waals surface area (Å²) >= 11 is 0. The van der Waals surface area contributed by atoms with Gasteiger partial charge in [-0.1, -0.05) is 0 Å². The van der Waals surface area contributed by atoms with Crippen molar-refractivity contribution in [3.8, 4) is 0 Å². The summed E-state index contributed by atoms with van der Waals surface area (Å²) in [6.45, 7) is 11.2. The van der Waals surface area contributed by atoms with Crippen molar-refractivity contribution in [3.05, 3.63) is 0 Å². The summed E-state index contributed by atoms with van der Waals surface area (Å²) in [5.74, 6) is 3.54. The molecule has 0 amide bonds. The lowest BCUT2D eigenvalue weighted by molar-refractivity contribution is -0.360. The van der Waals surface area contributed by atoms with Gasteiger partial charge in [-0.2, -0.15) is 0 Å². The fourth-order valence-electron chi connectivity index (χ4n) is 1.60. The highest BCUT2D eigenvalue weighted by molar-refractivity contribution is 7.96. The highest BCUT2D eigenvalue weighted by atomic mass is 32.2. The normalized spacial score (nSPS) is 12.3. The number of rotatable bonds is 15. The molecule has 0 radical (unpaired) electrons. The SMILES string of the molecule is CCOO[Si](CCC[S+](CC)CC)(OOCC)OOCC. The van der Waals surface area contributed by atoms with Crippen LogP contribution in [0.4, 0.5) is 0 Å². The minimum absolute atomic E-state index is 0.411.